The quantitative estimate of drug-likeness (QED) is 0.779. The van der Waals surface area contributed by atoms with Gasteiger partial charge in [0.1, 0.15) is 0 Å². The molecule has 2 rings (SSSR count). The Morgan fingerprint density at radius 3 is 2.63 bits per heavy atom. The van der Waals surface area contributed by atoms with Crippen LogP contribution in [-0.4, -0.2) is 12.1 Å². The number of halogens is 1. The Kier molecular flexibility index (Phi) is 5.72. The van der Waals surface area contributed by atoms with Gasteiger partial charge in [-0.1, -0.05) is 43.5 Å². The average Bonchev–Trinajstić information content (AvgIpc) is 2.57. The van der Waals surface area contributed by atoms with Crippen LogP contribution in [0.1, 0.15) is 51.5 Å². The molecule has 0 spiro atoms. The van der Waals surface area contributed by atoms with Crippen molar-refractivity contribution in [2.75, 3.05) is 0 Å². The smallest absolute Gasteiger partial charge is 0.0406 e. The minimum absolute atomic E-state index is 0.541. The van der Waals surface area contributed by atoms with Gasteiger partial charge in [0.2, 0.25) is 0 Å². The Hall–Kier alpha value is -0.530. The molecular weight excluding hydrogens is 254 g/mol. The molecule has 3 atom stereocenters. The van der Waals surface area contributed by atoms with Crippen molar-refractivity contribution in [3.63, 3.8) is 0 Å². The average molecular weight is 280 g/mol. The van der Waals surface area contributed by atoms with Crippen LogP contribution in [0.4, 0.5) is 0 Å². The van der Waals surface area contributed by atoms with E-state index in [1.165, 1.54) is 37.7 Å². The van der Waals surface area contributed by atoms with Gasteiger partial charge in [0.25, 0.3) is 0 Å². The Morgan fingerprint density at radius 2 is 1.89 bits per heavy atom. The van der Waals surface area contributed by atoms with Crippen molar-refractivity contribution < 1.29 is 0 Å². The number of hydrogen-bond acceptors (Lipinski definition) is 1. The van der Waals surface area contributed by atoms with Gasteiger partial charge in [-0.25, -0.2) is 0 Å². The minimum atomic E-state index is 0.541. The Morgan fingerprint density at radius 1 is 1.16 bits per heavy atom. The molecule has 1 fully saturated rings. The van der Waals surface area contributed by atoms with Gasteiger partial charge in [-0.2, -0.15) is 0 Å². The first-order chi connectivity index (χ1) is 9.13. The monoisotopic (exact) mass is 279 g/mol. The minimum Gasteiger partial charge on any atom is -0.311 e. The molecule has 0 saturated heterocycles. The summed E-state index contributed by atoms with van der Waals surface area (Å²) < 4.78 is 0. The SMILES string of the molecule is CC1CCCC(NC(C)Cc2ccc(Cl)cc2)CC1. The lowest BCUT2D eigenvalue weighted by molar-refractivity contribution is 0.400. The summed E-state index contributed by atoms with van der Waals surface area (Å²) in [4.78, 5) is 0. The molecule has 0 radical (unpaired) electrons. The van der Waals surface area contributed by atoms with Gasteiger partial charge in [-0.3, -0.25) is 0 Å². The highest BCUT2D eigenvalue weighted by Gasteiger charge is 2.17. The maximum absolute atomic E-state index is 5.92. The van der Waals surface area contributed by atoms with Gasteiger partial charge in [-0.05, 0) is 56.2 Å². The Bertz CT molecular complexity index is 373. The summed E-state index contributed by atoms with van der Waals surface area (Å²) in [5, 5.41) is 4.63. The van der Waals surface area contributed by atoms with Crippen LogP contribution >= 0.6 is 11.6 Å². The van der Waals surface area contributed by atoms with E-state index >= 15 is 0 Å². The summed E-state index contributed by atoms with van der Waals surface area (Å²) in [7, 11) is 0. The predicted molar refractivity (Wildman–Crippen MR) is 83.8 cm³/mol. The van der Waals surface area contributed by atoms with Crippen LogP contribution in [0, 0.1) is 5.92 Å². The summed E-state index contributed by atoms with van der Waals surface area (Å²) in [5.41, 5.74) is 1.37. The van der Waals surface area contributed by atoms with Gasteiger partial charge >= 0.3 is 0 Å². The van der Waals surface area contributed by atoms with E-state index in [1.54, 1.807) is 0 Å². The van der Waals surface area contributed by atoms with E-state index in [0.29, 0.717) is 12.1 Å². The third-order valence-corrected chi connectivity index (χ3v) is 4.48. The fourth-order valence-electron chi connectivity index (χ4n) is 3.09. The van der Waals surface area contributed by atoms with E-state index in [1.807, 2.05) is 12.1 Å². The Balaban J connectivity index is 1.80. The van der Waals surface area contributed by atoms with Gasteiger partial charge in [-0.15, -0.1) is 0 Å². The summed E-state index contributed by atoms with van der Waals surface area (Å²) >= 11 is 5.92. The summed E-state index contributed by atoms with van der Waals surface area (Å²) in [5.74, 6) is 0.915. The maximum Gasteiger partial charge on any atom is 0.0406 e. The van der Waals surface area contributed by atoms with Crippen LogP contribution in [0.3, 0.4) is 0 Å². The largest absolute Gasteiger partial charge is 0.311 e. The first kappa shape index (κ1) is 14.9. The molecule has 1 aliphatic rings. The summed E-state index contributed by atoms with van der Waals surface area (Å²) in [6, 6.07) is 9.49. The van der Waals surface area contributed by atoms with E-state index in [9.17, 15) is 0 Å². The fraction of sp³-hybridized carbons (Fsp3) is 0.647. The molecule has 1 aliphatic carbocycles. The first-order valence-corrected chi connectivity index (χ1v) is 8.02. The van der Waals surface area contributed by atoms with Gasteiger partial charge in [0.15, 0.2) is 0 Å². The van der Waals surface area contributed by atoms with Crippen molar-refractivity contribution >= 4 is 11.6 Å². The molecule has 1 saturated carbocycles. The second-order valence-corrected chi connectivity index (χ2v) is 6.65. The highest BCUT2D eigenvalue weighted by atomic mass is 35.5. The van der Waals surface area contributed by atoms with Gasteiger partial charge in [0.05, 0.1) is 0 Å². The molecule has 1 aromatic carbocycles. The van der Waals surface area contributed by atoms with E-state index in [4.69, 9.17) is 11.6 Å². The van der Waals surface area contributed by atoms with Crippen LogP contribution in [-0.2, 0) is 6.42 Å². The van der Waals surface area contributed by atoms with Crippen LogP contribution in [0.2, 0.25) is 5.02 Å². The van der Waals surface area contributed by atoms with Crippen LogP contribution in [0.5, 0.6) is 0 Å². The lowest BCUT2D eigenvalue weighted by Gasteiger charge is -2.22. The molecule has 1 aromatic rings. The molecule has 3 unspecified atom stereocenters. The second kappa shape index (κ2) is 7.31. The third kappa shape index (κ3) is 5.16. The van der Waals surface area contributed by atoms with Crippen molar-refractivity contribution in [2.24, 2.45) is 5.92 Å². The summed E-state index contributed by atoms with van der Waals surface area (Å²) in [6.07, 6.45) is 7.94. The molecule has 0 bridgehead atoms. The lowest BCUT2D eigenvalue weighted by Crippen LogP contribution is -2.37. The molecule has 0 aromatic heterocycles. The van der Waals surface area contributed by atoms with Crippen molar-refractivity contribution in [3.05, 3.63) is 34.9 Å². The van der Waals surface area contributed by atoms with Crippen molar-refractivity contribution in [2.45, 2.75) is 64.5 Å². The summed E-state index contributed by atoms with van der Waals surface area (Å²) in [6.45, 7) is 4.68. The molecule has 1 N–H and O–H groups in total. The van der Waals surface area contributed by atoms with E-state index in [2.05, 4.69) is 31.3 Å². The van der Waals surface area contributed by atoms with E-state index in [-0.39, 0.29) is 0 Å². The normalized spacial score (nSPS) is 25.8. The van der Waals surface area contributed by atoms with Crippen LogP contribution < -0.4 is 5.32 Å². The Labute approximate surface area is 122 Å². The zero-order chi connectivity index (χ0) is 13.7. The zero-order valence-corrected chi connectivity index (χ0v) is 12.9. The molecular formula is C17H26ClN. The molecule has 19 heavy (non-hydrogen) atoms. The maximum atomic E-state index is 5.92. The zero-order valence-electron chi connectivity index (χ0n) is 12.2. The van der Waals surface area contributed by atoms with Crippen molar-refractivity contribution in [1.29, 1.82) is 0 Å². The lowest BCUT2D eigenvalue weighted by atomic mass is 10.0. The van der Waals surface area contributed by atoms with Crippen molar-refractivity contribution in [3.8, 4) is 0 Å². The number of nitrogens with one attached hydrogen (secondary N) is 1. The standard InChI is InChI=1S/C17H26ClN/c1-13-4-3-5-17(11-6-13)19-14(2)12-15-7-9-16(18)10-8-15/h7-10,13-14,17,19H,3-6,11-12H2,1-2H3. The number of benzene rings is 1. The molecule has 106 valence electrons. The fourth-order valence-corrected chi connectivity index (χ4v) is 3.22. The highest BCUT2D eigenvalue weighted by molar-refractivity contribution is 6.30. The second-order valence-electron chi connectivity index (χ2n) is 6.21. The first-order valence-electron chi connectivity index (χ1n) is 7.64. The number of hydrogen-bond donors (Lipinski definition) is 1. The highest BCUT2D eigenvalue weighted by Crippen LogP contribution is 2.23. The number of rotatable bonds is 4. The predicted octanol–water partition coefficient (Wildman–Crippen LogP) is 4.83. The third-order valence-electron chi connectivity index (χ3n) is 4.23. The molecule has 0 aliphatic heterocycles. The van der Waals surface area contributed by atoms with Gasteiger partial charge in [0, 0.05) is 17.1 Å². The molecule has 0 amide bonds. The van der Waals surface area contributed by atoms with E-state index in [0.717, 1.165) is 17.4 Å². The molecule has 2 heteroatoms. The van der Waals surface area contributed by atoms with Gasteiger partial charge < -0.3 is 5.32 Å². The van der Waals surface area contributed by atoms with Crippen molar-refractivity contribution in [1.82, 2.24) is 5.32 Å². The topological polar surface area (TPSA) is 12.0 Å². The van der Waals surface area contributed by atoms with E-state index < -0.39 is 0 Å². The molecule has 0 heterocycles. The van der Waals surface area contributed by atoms with Crippen LogP contribution in [0.15, 0.2) is 24.3 Å². The molecule has 1 nitrogen and oxygen atoms in total. The van der Waals surface area contributed by atoms with Crippen LogP contribution in [0.25, 0.3) is 0 Å².